The number of nitro benzene ring substituents is 1. The number of imidazole rings is 1. The fourth-order valence-electron chi connectivity index (χ4n) is 3.15. The van der Waals surface area contributed by atoms with E-state index in [1.165, 1.54) is 37.1 Å². The summed E-state index contributed by atoms with van der Waals surface area (Å²) in [7, 11) is 2.94. The number of hydrogen-bond acceptors (Lipinski definition) is 6. The van der Waals surface area contributed by atoms with Crippen LogP contribution in [0.5, 0.6) is 0 Å². The van der Waals surface area contributed by atoms with E-state index in [0.29, 0.717) is 29.7 Å². The van der Waals surface area contributed by atoms with Crippen molar-refractivity contribution in [3.05, 3.63) is 61.0 Å². The minimum atomic E-state index is -0.497. The van der Waals surface area contributed by atoms with Crippen molar-refractivity contribution in [3.8, 4) is 0 Å². The lowest BCUT2D eigenvalue weighted by Gasteiger charge is -2.09. The average Bonchev–Trinajstić information content (AvgIpc) is 3.10. The fraction of sp³-hybridized carbons (Fsp3) is 0.333. The quantitative estimate of drug-likeness (QED) is 0.486. The van der Waals surface area contributed by atoms with E-state index in [1.807, 2.05) is 0 Å². The molecule has 0 saturated carbocycles. The number of amides is 1. The Bertz CT molecular complexity index is 1240. The summed E-state index contributed by atoms with van der Waals surface area (Å²) in [4.78, 5) is 51.2. The van der Waals surface area contributed by atoms with Crippen LogP contribution >= 0.6 is 0 Å². The Morgan fingerprint density at radius 3 is 2.66 bits per heavy atom. The van der Waals surface area contributed by atoms with Gasteiger partial charge in [-0.25, -0.2) is 9.78 Å². The molecule has 152 valence electrons. The second-order valence-electron chi connectivity index (χ2n) is 6.67. The average molecular weight is 400 g/mol. The molecule has 11 heteroatoms. The van der Waals surface area contributed by atoms with E-state index in [1.54, 1.807) is 17.6 Å². The van der Waals surface area contributed by atoms with E-state index in [-0.39, 0.29) is 23.7 Å². The Kier molecular flexibility index (Phi) is 5.31. The Morgan fingerprint density at radius 2 is 1.97 bits per heavy atom. The number of carbonyl (C=O) groups excluding carboxylic acids is 1. The number of benzene rings is 1. The van der Waals surface area contributed by atoms with Gasteiger partial charge in [0.25, 0.3) is 11.2 Å². The topological polar surface area (TPSA) is 134 Å². The zero-order valence-corrected chi connectivity index (χ0v) is 16.2. The van der Waals surface area contributed by atoms with Gasteiger partial charge in [-0.1, -0.05) is 6.07 Å². The van der Waals surface area contributed by atoms with Crippen molar-refractivity contribution in [1.29, 1.82) is 0 Å². The summed E-state index contributed by atoms with van der Waals surface area (Å²) in [6, 6.07) is 4.50. The predicted octanol–water partition coefficient (Wildman–Crippen LogP) is 1.07. The highest BCUT2D eigenvalue weighted by Crippen LogP contribution is 2.25. The largest absolute Gasteiger partial charge is 0.332 e. The third-order valence-electron chi connectivity index (χ3n) is 4.80. The first-order valence-electron chi connectivity index (χ1n) is 8.87. The number of nitro groups is 1. The van der Waals surface area contributed by atoms with Crippen LogP contribution in [0.2, 0.25) is 0 Å². The molecule has 0 aliphatic heterocycles. The molecule has 1 aromatic carbocycles. The molecule has 0 spiro atoms. The summed E-state index contributed by atoms with van der Waals surface area (Å²) in [6.07, 6.45) is 2.03. The van der Waals surface area contributed by atoms with Gasteiger partial charge in [0.1, 0.15) is 0 Å². The number of aryl methyl sites for hydroxylation is 2. The van der Waals surface area contributed by atoms with Crippen molar-refractivity contribution in [3.63, 3.8) is 0 Å². The predicted molar refractivity (Wildman–Crippen MR) is 106 cm³/mol. The lowest BCUT2D eigenvalue weighted by Crippen LogP contribution is -2.37. The van der Waals surface area contributed by atoms with Crippen LogP contribution in [0.4, 0.5) is 11.4 Å². The third kappa shape index (κ3) is 3.66. The van der Waals surface area contributed by atoms with Gasteiger partial charge in [0.2, 0.25) is 5.91 Å². The van der Waals surface area contributed by atoms with Crippen molar-refractivity contribution in [2.24, 2.45) is 14.1 Å². The molecule has 3 aromatic rings. The van der Waals surface area contributed by atoms with Crippen molar-refractivity contribution in [2.75, 3.05) is 5.32 Å². The first kappa shape index (κ1) is 20.0. The van der Waals surface area contributed by atoms with Crippen LogP contribution in [0.15, 0.2) is 34.1 Å². The Morgan fingerprint density at radius 1 is 1.24 bits per heavy atom. The van der Waals surface area contributed by atoms with Gasteiger partial charge in [0, 0.05) is 33.1 Å². The van der Waals surface area contributed by atoms with E-state index in [9.17, 15) is 24.5 Å². The number of hydrogen-bond donors (Lipinski definition) is 1. The summed E-state index contributed by atoms with van der Waals surface area (Å²) in [5.74, 6) is -0.293. The zero-order chi connectivity index (χ0) is 21.3. The van der Waals surface area contributed by atoms with Crippen LogP contribution in [0.25, 0.3) is 11.2 Å². The highest BCUT2D eigenvalue weighted by atomic mass is 16.6. The smallest absolute Gasteiger partial charge is 0.326 e. The number of nitrogens with zero attached hydrogens (tertiary/aromatic N) is 5. The summed E-state index contributed by atoms with van der Waals surface area (Å²) in [6.45, 7) is 1.93. The number of fused-ring (bicyclic) bond motifs is 1. The molecule has 0 saturated heterocycles. The van der Waals surface area contributed by atoms with Crippen molar-refractivity contribution in [1.82, 2.24) is 18.7 Å². The van der Waals surface area contributed by atoms with Gasteiger partial charge in [-0.3, -0.25) is 28.8 Å². The standard InChI is InChI=1S/C18H20N6O5/c1-11-12(6-4-7-13(11)24(28)29)20-14(25)8-5-9-23-10-19-16-15(23)17(26)22(3)18(27)21(16)2/h4,6-7,10H,5,8-9H2,1-3H3,(H,20,25). The molecular formula is C18H20N6O5. The maximum Gasteiger partial charge on any atom is 0.332 e. The molecule has 1 amide bonds. The van der Waals surface area contributed by atoms with Gasteiger partial charge in [0.15, 0.2) is 11.2 Å². The van der Waals surface area contributed by atoms with Gasteiger partial charge < -0.3 is 9.88 Å². The number of rotatable bonds is 6. The van der Waals surface area contributed by atoms with Gasteiger partial charge in [-0.05, 0) is 19.4 Å². The summed E-state index contributed by atoms with van der Waals surface area (Å²) < 4.78 is 3.92. The minimum absolute atomic E-state index is 0.0610. The lowest BCUT2D eigenvalue weighted by molar-refractivity contribution is -0.385. The molecule has 3 rings (SSSR count). The lowest BCUT2D eigenvalue weighted by atomic mass is 10.1. The van der Waals surface area contributed by atoms with Crippen molar-refractivity contribution < 1.29 is 9.72 Å². The van der Waals surface area contributed by atoms with Crippen molar-refractivity contribution >= 4 is 28.4 Å². The minimum Gasteiger partial charge on any atom is -0.326 e. The number of nitrogens with one attached hydrogen (secondary N) is 1. The fourth-order valence-corrected chi connectivity index (χ4v) is 3.15. The van der Waals surface area contributed by atoms with Crippen LogP contribution in [-0.2, 0) is 25.4 Å². The number of anilines is 1. The van der Waals surface area contributed by atoms with Gasteiger partial charge in [-0.2, -0.15) is 0 Å². The van der Waals surface area contributed by atoms with E-state index >= 15 is 0 Å². The zero-order valence-electron chi connectivity index (χ0n) is 16.2. The van der Waals surface area contributed by atoms with E-state index in [4.69, 9.17) is 0 Å². The molecular weight excluding hydrogens is 380 g/mol. The summed E-state index contributed by atoms with van der Waals surface area (Å²) >= 11 is 0. The molecule has 2 aromatic heterocycles. The second-order valence-corrected chi connectivity index (χ2v) is 6.67. The van der Waals surface area contributed by atoms with Crippen LogP contribution < -0.4 is 16.6 Å². The first-order valence-corrected chi connectivity index (χ1v) is 8.87. The second kappa shape index (κ2) is 7.70. The van der Waals surface area contributed by atoms with Gasteiger partial charge in [0.05, 0.1) is 22.5 Å². The molecule has 0 bridgehead atoms. The monoisotopic (exact) mass is 400 g/mol. The molecule has 0 fully saturated rings. The summed E-state index contributed by atoms with van der Waals surface area (Å²) in [5, 5.41) is 13.7. The Balaban J connectivity index is 1.71. The molecule has 11 nitrogen and oxygen atoms in total. The van der Waals surface area contributed by atoms with Gasteiger partial charge in [-0.15, -0.1) is 0 Å². The highest BCUT2D eigenvalue weighted by Gasteiger charge is 2.16. The summed E-state index contributed by atoms with van der Waals surface area (Å²) in [5.41, 5.74) is 0.391. The van der Waals surface area contributed by atoms with Crippen molar-refractivity contribution in [2.45, 2.75) is 26.3 Å². The SMILES string of the molecule is Cc1c(NC(=O)CCCn2cnc3c2c(=O)n(C)c(=O)n3C)cccc1[N+](=O)[O-]. The van der Waals surface area contributed by atoms with Crippen LogP contribution in [-0.4, -0.2) is 29.5 Å². The molecule has 0 atom stereocenters. The Hall–Kier alpha value is -3.76. The highest BCUT2D eigenvalue weighted by molar-refractivity contribution is 5.92. The van der Waals surface area contributed by atoms with Crippen LogP contribution in [0.3, 0.4) is 0 Å². The Labute approximate surface area is 164 Å². The normalized spacial score (nSPS) is 11.0. The van der Waals surface area contributed by atoms with Crippen LogP contribution in [0.1, 0.15) is 18.4 Å². The molecule has 1 N–H and O–H groups in total. The molecule has 29 heavy (non-hydrogen) atoms. The van der Waals surface area contributed by atoms with E-state index < -0.39 is 16.2 Å². The van der Waals surface area contributed by atoms with Crippen LogP contribution in [0, 0.1) is 17.0 Å². The first-order chi connectivity index (χ1) is 13.7. The third-order valence-corrected chi connectivity index (χ3v) is 4.80. The molecule has 0 aliphatic carbocycles. The molecule has 0 unspecified atom stereocenters. The van der Waals surface area contributed by atoms with Gasteiger partial charge >= 0.3 is 5.69 Å². The number of aromatic nitrogens is 4. The maximum atomic E-state index is 12.4. The molecule has 0 radical (unpaired) electrons. The van der Waals surface area contributed by atoms with E-state index in [0.717, 1.165) is 4.57 Å². The maximum absolute atomic E-state index is 12.4. The molecule has 0 aliphatic rings. The van der Waals surface area contributed by atoms with E-state index in [2.05, 4.69) is 10.3 Å². The number of carbonyl (C=O) groups is 1. The molecule has 2 heterocycles.